The summed E-state index contributed by atoms with van der Waals surface area (Å²) in [6.45, 7) is 8.48. The molecule has 0 fully saturated rings. The molecule has 86 valence electrons. The monoisotopic (exact) mass is 210 g/mol. The van der Waals surface area contributed by atoms with Crippen LogP contribution in [0, 0.1) is 0 Å². The van der Waals surface area contributed by atoms with Gasteiger partial charge >= 0.3 is 0 Å². The van der Waals surface area contributed by atoms with E-state index in [4.69, 9.17) is 0 Å². The highest BCUT2D eigenvalue weighted by atomic mass is 15.3. The molecule has 0 saturated heterocycles. The smallest absolute Gasteiger partial charge is 0.0533 e. The Kier molecular flexibility index (Phi) is 5.36. The van der Waals surface area contributed by atoms with Crippen LogP contribution in [0.2, 0.25) is 0 Å². The van der Waals surface area contributed by atoms with E-state index in [0.717, 1.165) is 26.2 Å². The summed E-state index contributed by atoms with van der Waals surface area (Å²) in [5, 5.41) is 7.55. The van der Waals surface area contributed by atoms with Crippen LogP contribution in [0.5, 0.6) is 0 Å². The van der Waals surface area contributed by atoms with Crippen LogP contribution in [0.4, 0.5) is 0 Å². The lowest BCUT2D eigenvalue weighted by molar-refractivity contribution is 0.273. The molecule has 0 aliphatic rings. The van der Waals surface area contributed by atoms with E-state index in [9.17, 15) is 0 Å². The van der Waals surface area contributed by atoms with E-state index in [1.165, 1.54) is 0 Å². The molecule has 0 radical (unpaired) electrons. The summed E-state index contributed by atoms with van der Waals surface area (Å²) in [6, 6.07) is 2.57. The molecular weight excluding hydrogens is 188 g/mol. The molecule has 0 aliphatic carbocycles. The molecule has 1 heterocycles. The van der Waals surface area contributed by atoms with Gasteiger partial charge in [-0.2, -0.15) is 5.10 Å². The van der Waals surface area contributed by atoms with E-state index < -0.39 is 0 Å². The molecular formula is C11H22N4. The van der Waals surface area contributed by atoms with Gasteiger partial charge in [0.15, 0.2) is 0 Å². The lowest BCUT2D eigenvalue weighted by atomic mass is 10.3. The minimum Gasteiger partial charge on any atom is -0.314 e. The topological polar surface area (TPSA) is 33.1 Å². The van der Waals surface area contributed by atoms with E-state index in [1.807, 2.05) is 23.1 Å². The van der Waals surface area contributed by atoms with Crippen LogP contribution < -0.4 is 5.32 Å². The van der Waals surface area contributed by atoms with Gasteiger partial charge in [0.2, 0.25) is 0 Å². The van der Waals surface area contributed by atoms with Crippen LogP contribution in [-0.2, 0) is 6.54 Å². The standard InChI is InChI=1S/C11H22N4/c1-11(2)14(3)9-6-12-7-10-15-8-4-5-13-15/h4-5,8,11-12H,6-7,9-10H2,1-3H3. The maximum atomic E-state index is 4.14. The highest BCUT2D eigenvalue weighted by Gasteiger charge is 2.01. The molecule has 1 rings (SSSR count). The first-order chi connectivity index (χ1) is 7.20. The predicted octanol–water partition coefficient (Wildman–Crippen LogP) is 0.813. The molecule has 15 heavy (non-hydrogen) atoms. The number of nitrogens with one attached hydrogen (secondary N) is 1. The summed E-state index contributed by atoms with van der Waals surface area (Å²) < 4.78 is 1.94. The number of rotatable bonds is 7. The summed E-state index contributed by atoms with van der Waals surface area (Å²) in [7, 11) is 2.15. The molecule has 0 atom stereocenters. The summed E-state index contributed by atoms with van der Waals surface area (Å²) >= 11 is 0. The van der Waals surface area contributed by atoms with Crippen molar-refractivity contribution in [1.82, 2.24) is 20.0 Å². The Morgan fingerprint density at radius 3 is 2.80 bits per heavy atom. The van der Waals surface area contributed by atoms with Crippen molar-refractivity contribution in [1.29, 1.82) is 0 Å². The van der Waals surface area contributed by atoms with Gasteiger partial charge in [-0.05, 0) is 27.0 Å². The van der Waals surface area contributed by atoms with Crippen molar-refractivity contribution in [3.63, 3.8) is 0 Å². The van der Waals surface area contributed by atoms with Crippen LogP contribution >= 0.6 is 0 Å². The average molecular weight is 210 g/mol. The van der Waals surface area contributed by atoms with Gasteiger partial charge in [0, 0.05) is 38.1 Å². The largest absolute Gasteiger partial charge is 0.314 e. The van der Waals surface area contributed by atoms with E-state index in [1.54, 1.807) is 0 Å². The second-order valence-corrected chi connectivity index (χ2v) is 4.09. The quantitative estimate of drug-likeness (QED) is 0.676. The van der Waals surface area contributed by atoms with E-state index >= 15 is 0 Å². The maximum Gasteiger partial charge on any atom is 0.0533 e. The Hall–Kier alpha value is -0.870. The van der Waals surface area contributed by atoms with Gasteiger partial charge < -0.3 is 10.2 Å². The fourth-order valence-corrected chi connectivity index (χ4v) is 1.26. The Morgan fingerprint density at radius 2 is 2.20 bits per heavy atom. The minimum absolute atomic E-state index is 0.623. The summed E-state index contributed by atoms with van der Waals surface area (Å²) in [4.78, 5) is 2.33. The van der Waals surface area contributed by atoms with Gasteiger partial charge in [-0.1, -0.05) is 0 Å². The zero-order valence-corrected chi connectivity index (χ0v) is 9.98. The van der Waals surface area contributed by atoms with E-state index in [2.05, 4.69) is 36.2 Å². The van der Waals surface area contributed by atoms with Crippen LogP contribution in [0.1, 0.15) is 13.8 Å². The second-order valence-electron chi connectivity index (χ2n) is 4.09. The Morgan fingerprint density at radius 1 is 1.40 bits per heavy atom. The van der Waals surface area contributed by atoms with Crippen LogP contribution in [0.15, 0.2) is 18.5 Å². The molecule has 0 bridgehead atoms. The van der Waals surface area contributed by atoms with Crippen molar-refractivity contribution in [2.45, 2.75) is 26.4 Å². The van der Waals surface area contributed by atoms with Crippen molar-refractivity contribution in [2.24, 2.45) is 0 Å². The van der Waals surface area contributed by atoms with Crippen molar-refractivity contribution >= 4 is 0 Å². The predicted molar refractivity (Wildman–Crippen MR) is 62.9 cm³/mol. The molecule has 0 aliphatic heterocycles. The zero-order chi connectivity index (χ0) is 11.1. The second kappa shape index (κ2) is 6.58. The summed E-state index contributed by atoms with van der Waals surface area (Å²) in [5.41, 5.74) is 0. The number of aromatic nitrogens is 2. The van der Waals surface area contributed by atoms with Crippen molar-refractivity contribution in [2.75, 3.05) is 26.7 Å². The van der Waals surface area contributed by atoms with Gasteiger partial charge in [-0.15, -0.1) is 0 Å². The highest BCUT2D eigenvalue weighted by Crippen LogP contribution is 1.90. The fourth-order valence-electron chi connectivity index (χ4n) is 1.26. The Bertz CT molecular complexity index is 243. The van der Waals surface area contributed by atoms with Gasteiger partial charge in [-0.3, -0.25) is 4.68 Å². The molecule has 0 spiro atoms. The summed E-state index contributed by atoms with van der Waals surface area (Å²) in [5.74, 6) is 0. The summed E-state index contributed by atoms with van der Waals surface area (Å²) in [6.07, 6.45) is 3.80. The average Bonchev–Trinajstić information content (AvgIpc) is 2.69. The normalized spacial score (nSPS) is 11.5. The number of hydrogen-bond donors (Lipinski definition) is 1. The SMILES string of the molecule is CC(C)N(C)CCNCCn1cccn1. The molecule has 0 saturated carbocycles. The van der Waals surface area contributed by atoms with Gasteiger partial charge in [0.1, 0.15) is 0 Å². The maximum absolute atomic E-state index is 4.14. The Balaban J connectivity index is 1.98. The van der Waals surface area contributed by atoms with Gasteiger partial charge in [-0.25, -0.2) is 0 Å². The molecule has 0 amide bonds. The lowest BCUT2D eigenvalue weighted by Gasteiger charge is -2.20. The molecule has 4 heteroatoms. The molecule has 1 aromatic heterocycles. The van der Waals surface area contributed by atoms with Crippen LogP contribution in [0.3, 0.4) is 0 Å². The number of nitrogens with zero attached hydrogens (tertiary/aromatic N) is 3. The van der Waals surface area contributed by atoms with E-state index in [0.29, 0.717) is 6.04 Å². The van der Waals surface area contributed by atoms with Crippen molar-refractivity contribution in [3.05, 3.63) is 18.5 Å². The van der Waals surface area contributed by atoms with Crippen molar-refractivity contribution in [3.8, 4) is 0 Å². The van der Waals surface area contributed by atoms with E-state index in [-0.39, 0.29) is 0 Å². The third-order valence-corrected chi connectivity index (χ3v) is 2.60. The van der Waals surface area contributed by atoms with Crippen LogP contribution in [0.25, 0.3) is 0 Å². The van der Waals surface area contributed by atoms with Gasteiger partial charge in [0.25, 0.3) is 0 Å². The van der Waals surface area contributed by atoms with Gasteiger partial charge in [0.05, 0.1) is 6.54 Å². The first kappa shape index (κ1) is 12.2. The number of hydrogen-bond acceptors (Lipinski definition) is 3. The first-order valence-corrected chi connectivity index (χ1v) is 5.58. The fraction of sp³-hybridized carbons (Fsp3) is 0.727. The third kappa shape index (κ3) is 4.95. The molecule has 0 aromatic carbocycles. The lowest BCUT2D eigenvalue weighted by Crippen LogP contribution is -2.34. The number of likely N-dealkylation sites (N-methyl/N-ethyl adjacent to an activating group) is 1. The third-order valence-electron chi connectivity index (χ3n) is 2.60. The molecule has 1 N–H and O–H groups in total. The molecule has 1 aromatic rings. The highest BCUT2D eigenvalue weighted by molar-refractivity contribution is 4.77. The Labute approximate surface area is 92.3 Å². The van der Waals surface area contributed by atoms with Crippen molar-refractivity contribution < 1.29 is 0 Å². The molecule has 4 nitrogen and oxygen atoms in total. The van der Waals surface area contributed by atoms with Crippen LogP contribution in [-0.4, -0.2) is 47.4 Å². The molecule has 0 unspecified atom stereocenters. The minimum atomic E-state index is 0.623. The first-order valence-electron chi connectivity index (χ1n) is 5.58. The zero-order valence-electron chi connectivity index (χ0n) is 9.98.